The van der Waals surface area contributed by atoms with Crippen molar-refractivity contribution < 1.29 is 0 Å². The maximum atomic E-state index is 5.61. The largest absolute Gasteiger partial charge is 0.369 e. The summed E-state index contributed by atoms with van der Waals surface area (Å²) in [6.07, 6.45) is 6.67. The number of nitrogens with one attached hydrogen (secondary N) is 1. The zero-order valence-corrected chi connectivity index (χ0v) is 9.96. The van der Waals surface area contributed by atoms with Crippen LogP contribution in [0.2, 0.25) is 0 Å². The summed E-state index contributed by atoms with van der Waals surface area (Å²) < 4.78 is 0. The van der Waals surface area contributed by atoms with Crippen molar-refractivity contribution in [1.29, 1.82) is 0 Å². The fourth-order valence-electron chi connectivity index (χ4n) is 1.49. The average Bonchev–Trinajstić information content (AvgIpc) is 2.65. The number of hydrogen-bond acceptors (Lipinski definition) is 2. The molecule has 0 aliphatic heterocycles. The number of hydrogen-bond donors (Lipinski definition) is 2. The van der Waals surface area contributed by atoms with Crippen LogP contribution in [0.3, 0.4) is 0 Å². The second kappa shape index (κ2) is 5.35. The van der Waals surface area contributed by atoms with Crippen LogP contribution in [0.1, 0.15) is 31.7 Å². The molecule has 1 aromatic heterocycles. The second-order valence-corrected chi connectivity index (χ2v) is 3.78. The number of rotatable bonds is 5. The van der Waals surface area contributed by atoms with Gasteiger partial charge < -0.3 is 10.7 Å². The average molecular weight is 217 g/mol. The van der Waals surface area contributed by atoms with Crippen LogP contribution < -0.4 is 5.73 Å². The minimum absolute atomic E-state index is 0.411. The highest BCUT2D eigenvalue weighted by molar-refractivity contribution is 5.64. The van der Waals surface area contributed by atoms with E-state index < -0.39 is 0 Å². The molecule has 1 rings (SSSR count). The zero-order chi connectivity index (χ0) is 12.1. The van der Waals surface area contributed by atoms with E-state index in [0.717, 1.165) is 17.8 Å². The van der Waals surface area contributed by atoms with Crippen molar-refractivity contribution in [3.8, 4) is 0 Å². The Morgan fingerprint density at radius 1 is 1.56 bits per heavy atom. The van der Waals surface area contributed by atoms with Crippen molar-refractivity contribution in [2.24, 2.45) is 5.92 Å². The van der Waals surface area contributed by atoms with Gasteiger partial charge in [0.05, 0.1) is 11.4 Å². The molecule has 0 amide bonds. The molecule has 16 heavy (non-hydrogen) atoms. The van der Waals surface area contributed by atoms with E-state index in [1.165, 1.54) is 5.57 Å². The molecule has 0 aliphatic carbocycles. The normalized spacial score (nSPS) is 13.5. The lowest BCUT2D eigenvalue weighted by atomic mass is 9.97. The van der Waals surface area contributed by atoms with E-state index in [0.29, 0.717) is 11.9 Å². The molecule has 1 heterocycles. The van der Waals surface area contributed by atoms with Gasteiger partial charge in [-0.1, -0.05) is 33.1 Å². The Morgan fingerprint density at radius 2 is 2.25 bits per heavy atom. The SMILES string of the molecule is C=C/C(=C\c1[nH]c(N)nc1C=C)C(C)CC. The lowest BCUT2D eigenvalue weighted by molar-refractivity contribution is 0.674. The molecule has 0 spiro atoms. The fourth-order valence-corrected chi connectivity index (χ4v) is 1.49. The van der Waals surface area contributed by atoms with Gasteiger partial charge in [-0.2, -0.15) is 0 Å². The number of aromatic nitrogens is 2. The Kier molecular flexibility index (Phi) is 4.11. The summed E-state index contributed by atoms with van der Waals surface area (Å²) >= 11 is 0. The fraction of sp³-hybridized carbons (Fsp3) is 0.308. The predicted octanol–water partition coefficient (Wildman–Crippen LogP) is 3.25. The summed E-state index contributed by atoms with van der Waals surface area (Å²) in [4.78, 5) is 7.14. The van der Waals surface area contributed by atoms with Gasteiger partial charge in [0.15, 0.2) is 5.95 Å². The molecule has 1 aromatic rings. The third kappa shape index (κ3) is 2.63. The Bertz CT molecular complexity index is 413. The van der Waals surface area contributed by atoms with Gasteiger partial charge in [0.25, 0.3) is 0 Å². The maximum Gasteiger partial charge on any atom is 0.198 e. The molecule has 3 N–H and O–H groups in total. The number of allylic oxidation sites excluding steroid dienone is 2. The number of nitrogens with two attached hydrogens (primary N) is 1. The molecule has 0 saturated heterocycles. The zero-order valence-electron chi connectivity index (χ0n) is 9.96. The molecule has 0 radical (unpaired) electrons. The van der Waals surface area contributed by atoms with E-state index in [4.69, 9.17) is 5.73 Å². The van der Waals surface area contributed by atoms with Gasteiger partial charge in [0, 0.05) is 0 Å². The van der Waals surface area contributed by atoms with Gasteiger partial charge >= 0.3 is 0 Å². The molecule has 0 aromatic carbocycles. The highest BCUT2D eigenvalue weighted by Crippen LogP contribution is 2.20. The van der Waals surface area contributed by atoms with Crippen LogP contribution in [0.15, 0.2) is 24.8 Å². The summed E-state index contributed by atoms with van der Waals surface area (Å²) in [6, 6.07) is 0. The molecule has 1 unspecified atom stereocenters. The first kappa shape index (κ1) is 12.3. The van der Waals surface area contributed by atoms with Gasteiger partial charge in [0.1, 0.15) is 0 Å². The lowest BCUT2D eigenvalue weighted by Crippen LogP contribution is -1.95. The minimum atomic E-state index is 0.411. The van der Waals surface area contributed by atoms with Crippen LogP contribution in [0.4, 0.5) is 5.95 Å². The topological polar surface area (TPSA) is 54.7 Å². The van der Waals surface area contributed by atoms with Crippen LogP contribution in [0, 0.1) is 5.92 Å². The number of H-pyrrole nitrogens is 1. The second-order valence-electron chi connectivity index (χ2n) is 3.78. The summed E-state index contributed by atoms with van der Waals surface area (Å²) in [7, 11) is 0. The summed E-state index contributed by atoms with van der Waals surface area (Å²) in [6.45, 7) is 11.9. The van der Waals surface area contributed by atoms with E-state index in [9.17, 15) is 0 Å². The molecular weight excluding hydrogens is 198 g/mol. The van der Waals surface area contributed by atoms with Crippen LogP contribution in [-0.2, 0) is 0 Å². The summed E-state index contributed by atoms with van der Waals surface area (Å²) in [5.41, 5.74) is 8.46. The van der Waals surface area contributed by atoms with Crippen molar-refractivity contribution in [3.05, 3.63) is 36.2 Å². The smallest absolute Gasteiger partial charge is 0.198 e. The van der Waals surface area contributed by atoms with Crippen molar-refractivity contribution in [3.63, 3.8) is 0 Å². The molecule has 0 aliphatic rings. The number of anilines is 1. The van der Waals surface area contributed by atoms with E-state index in [1.54, 1.807) is 6.08 Å². The minimum Gasteiger partial charge on any atom is -0.369 e. The van der Waals surface area contributed by atoms with Crippen LogP contribution >= 0.6 is 0 Å². The molecule has 0 bridgehead atoms. The molecular formula is C13H19N3. The van der Waals surface area contributed by atoms with Crippen molar-refractivity contribution in [2.75, 3.05) is 5.73 Å². The van der Waals surface area contributed by atoms with Gasteiger partial charge in [-0.3, -0.25) is 0 Å². The first-order valence-corrected chi connectivity index (χ1v) is 5.44. The number of aromatic amines is 1. The molecule has 1 atom stereocenters. The van der Waals surface area contributed by atoms with Crippen molar-refractivity contribution >= 4 is 18.1 Å². The van der Waals surface area contributed by atoms with Crippen LogP contribution in [0.5, 0.6) is 0 Å². The first-order chi connectivity index (χ1) is 7.62. The quantitative estimate of drug-likeness (QED) is 0.744. The molecule has 0 saturated carbocycles. The predicted molar refractivity (Wildman–Crippen MR) is 70.7 cm³/mol. The van der Waals surface area contributed by atoms with Gasteiger partial charge in [-0.05, 0) is 30.1 Å². The van der Waals surface area contributed by atoms with Crippen LogP contribution in [-0.4, -0.2) is 9.97 Å². The molecule has 0 fully saturated rings. The van der Waals surface area contributed by atoms with Crippen LogP contribution in [0.25, 0.3) is 12.2 Å². The van der Waals surface area contributed by atoms with Gasteiger partial charge in [0.2, 0.25) is 0 Å². The third-order valence-corrected chi connectivity index (χ3v) is 2.70. The Hall–Kier alpha value is -1.77. The third-order valence-electron chi connectivity index (χ3n) is 2.70. The summed E-state index contributed by atoms with van der Waals surface area (Å²) in [5.74, 6) is 0.883. The Labute approximate surface area is 96.8 Å². The van der Waals surface area contributed by atoms with E-state index in [1.807, 2.05) is 12.2 Å². The number of nitrogens with zero attached hydrogens (tertiary/aromatic N) is 1. The monoisotopic (exact) mass is 217 g/mol. The highest BCUT2D eigenvalue weighted by atomic mass is 15.0. The standard InChI is InChI=1S/C13H19N3/c1-5-9(4)10(6-2)8-12-11(7-3)15-13(14)16-12/h6-9H,2-3,5H2,1,4H3,(H3,14,15,16)/b10-8+. The van der Waals surface area contributed by atoms with Gasteiger partial charge in [-0.25, -0.2) is 4.98 Å². The number of imidazole rings is 1. The van der Waals surface area contributed by atoms with E-state index in [2.05, 4.69) is 37.0 Å². The summed E-state index contributed by atoms with van der Waals surface area (Å²) in [5, 5.41) is 0. The first-order valence-electron chi connectivity index (χ1n) is 5.44. The van der Waals surface area contributed by atoms with E-state index in [-0.39, 0.29) is 0 Å². The maximum absolute atomic E-state index is 5.61. The van der Waals surface area contributed by atoms with E-state index >= 15 is 0 Å². The Morgan fingerprint density at radius 3 is 2.75 bits per heavy atom. The van der Waals surface area contributed by atoms with Crippen molar-refractivity contribution in [1.82, 2.24) is 9.97 Å². The number of nitrogen functional groups attached to an aromatic ring is 1. The van der Waals surface area contributed by atoms with Gasteiger partial charge in [-0.15, -0.1) is 0 Å². The molecule has 3 heteroatoms. The molecule has 3 nitrogen and oxygen atoms in total. The molecule has 86 valence electrons. The van der Waals surface area contributed by atoms with Crippen molar-refractivity contribution in [2.45, 2.75) is 20.3 Å². The lowest BCUT2D eigenvalue weighted by Gasteiger charge is -2.09. The Balaban J connectivity index is 3.12. The highest BCUT2D eigenvalue weighted by Gasteiger charge is 2.07.